The molecule has 1 rings (SSSR count). The molecule has 0 heterocycles. The van der Waals surface area contributed by atoms with Gasteiger partial charge in [0.05, 0.1) is 6.10 Å². The van der Waals surface area contributed by atoms with Gasteiger partial charge >= 0.3 is 0 Å². The minimum absolute atomic E-state index is 0.305. The topological polar surface area (TPSA) is 40.5 Å². The van der Waals surface area contributed by atoms with Crippen LogP contribution in [0.4, 0.5) is 0 Å². The molecule has 0 fully saturated rings. The molecular formula is C16H26O2. The average molecular weight is 250 g/mol. The summed E-state index contributed by atoms with van der Waals surface area (Å²) >= 11 is 0. The van der Waals surface area contributed by atoms with Crippen LogP contribution in [0.25, 0.3) is 0 Å². The van der Waals surface area contributed by atoms with Crippen molar-refractivity contribution in [3.05, 3.63) is 35.9 Å². The second-order valence-corrected chi connectivity index (χ2v) is 4.91. The molecule has 0 radical (unpaired) electrons. The van der Waals surface area contributed by atoms with E-state index in [1.165, 1.54) is 25.7 Å². The quantitative estimate of drug-likeness (QED) is 0.619. The number of aliphatic hydroxyl groups is 2. The van der Waals surface area contributed by atoms with Gasteiger partial charge in [-0.3, -0.25) is 0 Å². The molecule has 1 aromatic carbocycles. The van der Waals surface area contributed by atoms with E-state index in [0.29, 0.717) is 6.61 Å². The van der Waals surface area contributed by atoms with Crippen LogP contribution in [-0.2, 0) is 0 Å². The van der Waals surface area contributed by atoms with E-state index in [4.69, 9.17) is 5.11 Å². The molecule has 2 N–H and O–H groups in total. The van der Waals surface area contributed by atoms with Crippen molar-refractivity contribution >= 4 is 0 Å². The Morgan fingerprint density at radius 1 is 0.778 bits per heavy atom. The molecule has 1 atom stereocenters. The van der Waals surface area contributed by atoms with Gasteiger partial charge in [-0.05, 0) is 18.4 Å². The van der Waals surface area contributed by atoms with E-state index in [1.807, 2.05) is 30.3 Å². The van der Waals surface area contributed by atoms with Crippen LogP contribution < -0.4 is 0 Å². The third-order valence-corrected chi connectivity index (χ3v) is 3.32. The van der Waals surface area contributed by atoms with Crippen molar-refractivity contribution in [1.82, 2.24) is 0 Å². The first-order valence-electron chi connectivity index (χ1n) is 7.18. The Kier molecular flexibility index (Phi) is 8.53. The van der Waals surface area contributed by atoms with E-state index in [2.05, 4.69) is 0 Å². The molecule has 2 heteroatoms. The number of benzene rings is 1. The van der Waals surface area contributed by atoms with Gasteiger partial charge in [0.15, 0.2) is 0 Å². The summed E-state index contributed by atoms with van der Waals surface area (Å²) in [7, 11) is 0. The predicted molar refractivity (Wildman–Crippen MR) is 75.4 cm³/mol. The SMILES string of the molecule is OCCCCCCCCCC(O)c1ccccc1. The molecule has 1 unspecified atom stereocenters. The van der Waals surface area contributed by atoms with Gasteiger partial charge in [0, 0.05) is 6.61 Å². The lowest BCUT2D eigenvalue weighted by atomic mass is 10.0. The highest BCUT2D eigenvalue weighted by atomic mass is 16.3. The van der Waals surface area contributed by atoms with Gasteiger partial charge in [-0.25, -0.2) is 0 Å². The Labute approximate surface area is 111 Å². The normalized spacial score (nSPS) is 12.6. The van der Waals surface area contributed by atoms with Gasteiger partial charge in [-0.2, -0.15) is 0 Å². The summed E-state index contributed by atoms with van der Waals surface area (Å²) < 4.78 is 0. The summed E-state index contributed by atoms with van der Waals surface area (Å²) in [5, 5.41) is 18.6. The number of aliphatic hydroxyl groups excluding tert-OH is 2. The smallest absolute Gasteiger partial charge is 0.0790 e. The Morgan fingerprint density at radius 2 is 1.33 bits per heavy atom. The van der Waals surface area contributed by atoms with Gasteiger partial charge in [0.1, 0.15) is 0 Å². The van der Waals surface area contributed by atoms with Crippen LogP contribution >= 0.6 is 0 Å². The van der Waals surface area contributed by atoms with Gasteiger partial charge in [0.2, 0.25) is 0 Å². The molecule has 0 bridgehead atoms. The molecule has 0 aliphatic carbocycles. The maximum atomic E-state index is 9.97. The van der Waals surface area contributed by atoms with E-state index in [9.17, 15) is 5.11 Å². The Morgan fingerprint density at radius 3 is 1.94 bits per heavy atom. The zero-order chi connectivity index (χ0) is 13.1. The first kappa shape index (κ1) is 15.2. The highest BCUT2D eigenvalue weighted by Crippen LogP contribution is 2.19. The number of unbranched alkanes of at least 4 members (excludes halogenated alkanes) is 6. The van der Waals surface area contributed by atoms with Crippen LogP contribution in [0.2, 0.25) is 0 Å². The lowest BCUT2D eigenvalue weighted by Gasteiger charge is -2.10. The summed E-state index contributed by atoms with van der Waals surface area (Å²) in [4.78, 5) is 0. The summed E-state index contributed by atoms with van der Waals surface area (Å²) in [6.45, 7) is 0.323. The van der Waals surface area contributed by atoms with Crippen molar-refractivity contribution in [2.45, 2.75) is 57.5 Å². The zero-order valence-corrected chi connectivity index (χ0v) is 11.2. The van der Waals surface area contributed by atoms with Crippen LogP contribution in [0.3, 0.4) is 0 Å². The minimum atomic E-state index is -0.305. The van der Waals surface area contributed by atoms with Crippen LogP contribution in [0.1, 0.15) is 63.0 Å². The third kappa shape index (κ3) is 6.77. The van der Waals surface area contributed by atoms with Crippen LogP contribution in [0.15, 0.2) is 30.3 Å². The van der Waals surface area contributed by atoms with Crippen molar-refractivity contribution in [2.24, 2.45) is 0 Å². The highest BCUT2D eigenvalue weighted by molar-refractivity contribution is 5.16. The summed E-state index contributed by atoms with van der Waals surface area (Å²) in [5.41, 5.74) is 1.03. The van der Waals surface area contributed by atoms with Crippen molar-refractivity contribution in [3.63, 3.8) is 0 Å². The van der Waals surface area contributed by atoms with E-state index in [-0.39, 0.29) is 6.10 Å². The first-order chi connectivity index (χ1) is 8.84. The predicted octanol–water partition coefficient (Wildman–Crippen LogP) is 3.83. The molecule has 0 saturated carbocycles. The third-order valence-electron chi connectivity index (χ3n) is 3.32. The maximum absolute atomic E-state index is 9.97. The molecule has 0 saturated heterocycles. The zero-order valence-electron chi connectivity index (χ0n) is 11.2. The molecule has 18 heavy (non-hydrogen) atoms. The number of hydrogen-bond acceptors (Lipinski definition) is 2. The monoisotopic (exact) mass is 250 g/mol. The molecule has 0 aromatic heterocycles. The van der Waals surface area contributed by atoms with Gasteiger partial charge in [-0.15, -0.1) is 0 Å². The first-order valence-corrected chi connectivity index (χ1v) is 7.18. The number of hydrogen-bond donors (Lipinski definition) is 2. The fourth-order valence-electron chi connectivity index (χ4n) is 2.18. The molecular weight excluding hydrogens is 224 g/mol. The highest BCUT2D eigenvalue weighted by Gasteiger charge is 2.05. The van der Waals surface area contributed by atoms with Gasteiger partial charge in [-0.1, -0.05) is 68.9 Å². The molecule has 0 aliphatic rings. The molecule has 1 aromatic rings. The Balaban J connectivity index is 1.98. The van der Waals surface area contributed by atoms with E-state index >= 15 is 0 Å². The molecule has 102 valence electrons. The molecule has 0 amide bonds. The lowest BCUT2D eigenvalue weighted by Crippen LogP contribution is -1.96. The molecule has 2 nitrogen and oxygen atoms in total. The van der Waals surface area contributed by atoms with E-state index < -0.39 is 0 Å². The second-order valence-electron chi connectivity index (χ2n) is 4.91. The second kappa shape index (κ2) is 10.1. The van der Waals surface area contributed by atoms with Crippen molar-refractivity contribution in [3.8, 4) is 0 Å². The van der Waals surface area contributed by atoms with E-state index in [1.54, 1.807) is 0 Å². The molecule has 0 spiro atoms. The van der Waals surface area contributed by atoms with E-state index in [0.717, 1.165) is 31.2 Å². The van der Waals surface area contributed by atoms with Gasteiger partial charge in [0.25, 0.3) is 0 Å². The van der Waals surface area contributed by atoms with Crippen molar-refractivity contribution in [1.29, 1.82) is 0 Å². The maximum Gasteiger partial charge on any atom is 0.0790 e. The lowest BCUT2D eigenvalue weighted by molar-refractivity contribution is 0.163. The molecule has 0 aliphatic heterocycles. The fraction of sp³-hybridized carbons (Fsp3) is 0.625. The van der Waals surface area contributed by atoms with Crippen LogP contribution in [0, 0.1) is 0 Å². The van der Waals surface area contributed by atoms with Crippen molar-refractivity contribution < 1.29 is 10.2 Å². The Bertz CT molecular complexity index is 284. The standard InChI is InChI=1S/C16H26O2/c17-14-10-5-3-1-2-4-9-13-16(18)15-11-7-6-8-12-15/h6-8,11-12,16-18H,1-5,9-10,13-14H2. The summed E-state index contributed by atoms with van der Waals surface area (Å²) in [6.07, 6.45) is 8.65. The fourth-order valence-corrected chi connectivity index (χ4v) is 2.18. The van der Waals surface area contributed by atoms with Gasteiger partial charge < -0.3 is 10.2 Å². The van der Waals surface area contributed by atoms with Crippen LogP contribution in [-0.4, -0.2) is 16.8 Å². The van der Waals surface area contributed by atoms with Crippen LogP contribution in [0.5, 0.6) is 0 Å². The Hall–Kier alpha value is -0.860. The number of rotatable bonds is 10. The summed E-state index contributed by atoms with van der Waals surface area (Å²) in [5.74, 6) is 0. The largest absolute Gasteiger partial charge is 0.396 e. The van der Waals surface area contributed by atoms with Crippen molar-refractivity contribution in [2.75, 3.05) is 6.61 Å². The minimum Gasteiger partial charge on any atom is -0.396 e. The average Bonchev–Trinajstić information content (AvgIpc) is 2.42. The summed E-state index contributed by atoms with van der Waals surface area (Å²) in [6, 6.07) is 9.89.